The number of para-hydroxylation sites is 1. The minimum absolute atomic E-state index is 0.203. The van der Waals surface area contributed by atoms with Crippen molar-refractivity contribution in [3.05, 3.63) is 90.8 Å². The van der Waals surface area contributed by atoms with E-state index in [2.05, 4.69) is 20.2 Å². The summed E-state index contributed by atoms with van der Waals surface area (Å²) < 4.78 is 27.9. The minimum atomic E-state index is -0.312. The second kappa shape index (κ2) is 7.31. The van der Waals surface area contributed by atoms with E-state index in [1.807, 2.05) is 30.3 Å². The number of halogens is 1. The maximum Gasteiger partial charge on any atom is 0.217 e. The van der Waals surface area contributed by atoms with Crippen molar-refractivity contribution in [2.45, 2.75) is 6.61 Å². The zero-order valence-electron chi connectivity index (χ0n) is 16.6. The van der Waals surface area contributed by atoms with E-state index in [9.17, 15) is 4.39 Å². The average molecular weight is 426 g/mol. The minimum Gasteiger partial charge on any atom is -0.486 e. The monoisotopic (exact) mass is 426 g/mol. The predicted molar refractivity (Wildman–Crippen MR) is 114 cm³/mol. The molecule has 4 heterocycles. The molecule has 0 atom stereocenters. The Hall–Kier alpha value is -4.53. The number of hydrogen-bond donors (Lipinski definition) is 0. The zero-order chi connectivity index (χ0) is 21.5. The lowest BCUT2D eigenvalue weighted by atomic mass is 10.3. The van der Waals surface area contributed by atoms with E-state index in [-0.39, 0.29) is 12.4 Å². The van der Waals surface area contributed by atoms with E-state index in [1.54, 1.807) is 46.0 Å². The summed E-state index contributed by atoms with van der Waals surface area (Å²) in [5.41, 5.74) is 2.24. The standard InChI is InChI=1S/C23H15FN6O2/c24-15-6-8-17(9-7-15)31-13-18-10-11-20(32-18)21-27-23-19-12-26-30(16-4-2-1-3-5-16)22(19)25-14-29(23)28-21/h1-12,14H,13H2. The molecule has 2 aromatic carbocycles. The first-order valence-corrected chi connectivity index (χ1v) is 9.86. The summed E-state index contributed by atoms with van der Waals surface area (Å²) in [6.45, 7) is 0.203. The smallest absolute Gasteiger partial charge is 0.217 e. The van der Waals surface area contributed by atoms with Gasteiger partial charge in [-0.1, -0.05) is 18.2 Å². The summed E-state index contributed by atoms with van der Waals surface area (Å²) in [4.78, 5) is 9.15. The highest BCUT2D eigenvalue weighted by atomic mass is 19.1. The van der Waals surface area contributed by atoms with Gasteiger partial charge in [0.05, 0.1) is 17.3 Å². The van der Waals surface area contributed by atoms with Crippen molar-refractivity contribution >= 4 is 16.7 Å². The fraction of sp³-hybridized carbons (Fsp3) is 0.0435. The summed E-state index contributed by atoms with van der Waals surface area (Å²) >= 11 is 0. The van der Waals surface area contributed by atoms with Crippen LogP contribution in [-0.2, 0) is 6.61 Å². The Morgan fingerprint density at radius 1 is 0.938 bits per heavy atom. The van der Waals surface area contributed by atoms with Gasteiger partial charge in [-0.3, -0.25) is 0 Å². The van der Waals surface area contributed by atoms with Crippen LogP contribution in [0.2, 0.25) is 0 Å². The Kier molecular flexibility index (Phi) is 4.17. The lowest BCUT2D eigenvalue weighted by Crippen LogP contribution is -1.98. The van der Waals surface area contributed by atoms with Crippen LogP contribution < -0.4 is 4.74 Å². The van der Waals surface area contributed by atoms with Crippen LogP contribution in [0, 0.1) is 5.82 Å². The van der Waals surface area contributed by atoms with E-state index in [4.69, 9.17) is 9.15 Å². The van der Waals surface area contributed by atoms with Gasteiger partial charge in [0, 0.05) is 0 Å². The van der Waals surface area contributed by atoms with Crippen molar-refractivity contribution < 1.29 is 13.5 Å². The van der Waals surface area contributed by atoms with Crippen LogP contribution in [0.1, 0.15) is 5.76 Å². The Morgan fingerprint density at radius 2 is 1.78 bits per heavy atom. The first-order valence-electron chi connectivity index (χ1n) is 9.86. The highest BCUT2D eigenvalue weighted by molar-refractivity contribution is 5.89. The first-order chi connectivity index (χ1) is 15.7. The second-order valence-corrected chi connectivity index (χ2v) is 7.09. The third-order valence-corrected chi connectivity index (χ3v) is 4.98. The first kappa shape index (κ1) is 18.3. The topological polar surface area (TPSA) is 83.3 Å². The maximum atomic E-state index is 13.0. The van der Waals surface area contributed by atoms with Crippen LogP contribution in [0.5, 0.6) is 5.75 Å². The van der Waals surface area contributed by atoms with Crippen molar-refractivity contribution in [2.75, 3.05) is 0 Å². The van der Waals surface area contributed by atoms with Crippen LogP contribution in [0.3, 0.4) is 0 Å². The number of aromatic nitrogens is 6. The third kappa shape index (κ3) is 3.16. The molecule has 0 bridgehead atoms. The highest BCUT2D eigenvalue weighted by Gasteiger charge is 2.16. The van der Waals surface area contributed by atoms with Crippen LogP contribution in [0.15, 0.2) is 83.7 Å². The summed E-state index contributed by atoms with van der Waals surface area (Å²) in [7, 11) is 0. The molecular formula is C23H15FN6O2. The summed E-state index contributed by atoms with van der Waals surface area (Å²) in [5.74, 6) is 1.78. The number of furan rings is 1. The van der Waals surface area contributed by atoms with Gasteiger partial charge >= 0.3 is 0 Å². The van der Waals surface area contributed by atoms with Gasteiger partial charge in [0.1, 0.15) is 30.3 Å². The molecule has 6 rings (SSSR count). The van der Waals surface area contributed by atoms with Gasteiger partial charge in [-0.2, -0.15) is 5.10 Å². The zero-order valence-corrected chi connectivity index (χ0v) is 16.6. The summed E-state index contributed by atoms with van der Waals surface area (Å²) in [6.07, 6.45) is 3.34. The largest absolute Gasteiger partial charge is 0.486 e. The molecule has 6 aromatic rings. The molecule has 8 nitrogen and oxygen atoms in total. The molecule has 0 fully saturated rings. The summed E-state index contributed by atoms with van der Waals surface area (Å²) in [6, 6.07) is 19.2. The molecule has 4 aromatic heterocycles. The van der Waals surface area contributed by atoms with Gasteiger partial charge < -0.3 is 9.15 Å². The highest BCUT2D eigenvalue weighted by Crippen LogP contribution is 2.24. The van der Waals surface area contributed by atoms with Gasteiger partial charge in [0.2, 0.25) is 5.82 Å². The SMILES string of the molecule is Fc1ccc(OCc2ccc(-c3nc4c5cnn(-c6ccccc6)c5ncn4n3)o2)cc1. The van der Waals surface area contributed by atoms with Crippen molar-refractivity contribution in [3.63, 3.8) is 0 Å². The lowest BCUT2D eigenvalue weighted by molar-refractivity contribution is 0.271. The number of ether oxygens (including phenoxy) is 1. The fourth-order valence-electron chi connectivity index (χ4n) is 3.44. The molecule has 0 aliphatic rings. The Bertz CT molecular complexity index is 1540. The molecule has 0 N–H and O–H groups in total. The molecule has 0 radical (unpaired) electrons. The molecule has 0 spiro atoms. The van der Waals surface area contributed by atoms with Gasteiger partial charge in [-0.25, -0.2) is 23.6 Å². The average Bonchev–Trinajstić information content (AvgIpc) is 3.56. The molecule has 0 aliphatic heterocycles. The number of fused-ring (bicyclic) bond motifs is 3. The Labute approximate surface area is 180 Å². The van der Waals surface area contributed by atoms with Crippen molar-refractivity contribution in [3.8, 4) is 23.0 Å². The third-order valence-electron chi connectivity index (χ3n) is 4.98. The summed E-state index contributed by atoms with van der Waals surface area (Å²) in [5, 5.41) is 9.74. The van der Waals surface area contributed by atoms with Gasteiger partial charge in [-0.05, 0) is 48.5 Å². The number of nitrogens with zero attached hydrogens (tertiary/aromatic N) is 6. The van der Waals surface area contributed by atoms with Gasteiger partial charge in [0.15, 0.2) is 17.1 Å². The van der Waals surface area contributed by atoms with Gasteiger partial charge in [-0.15, -0.1) is 5.10 Å². The van der Waals surface area contributed by atoms with E-state index in [1.165, 1.54) is 12.1 Å². The van der Waals surface area contributed by atoms with Crippen molar-refractivity contribution in [1.29, 1.82) is 0 Å². The van der Waals surface area contributed by atoms with Crippen LogP contribution >= 0.6 is 0 Å². The number of hydrogen-bond acceptors (Lipinski definition) is 6. The molecule has 0 unspecified atom stereocenters. The molecular weight excluding hydrogens is 411 g/mol. The molecule has 32 heavy (non-hydrogen) atoms. The van der Waals surface area contributed by atoms with E-state index in [0.717, 1.165) is 11.1 Å². The molecule has 9 heteroatoms. The molecule has 156 valence electrons. The van der Waals surface area contributed by atoms with Crippen molar-refractivity contribution in [2.24, 2.45) is 0 Å². The molecule has 0 saturated heterocycles. The van der Waals surface area contributed by atoms with Crippen LogP contribution in [-0.4, -0.2) is 29.4 Å². The molecule has 0 saturated carbocycles. The predicted octanol–water partition coefficient (Wildman–Crippen LogP) is 4.44. The van der Waals surface area contributed by atoms with Crippen LogP contribution in [0.25, 0.3) is 34.0 Å². The second-order valence-electron chi connectivity index (χ2n) is 7.09. The Morgan fingerprint density at radius 3 is 2.62 bits per heavy atom. The van der Waals surface area contributed by atoms with E-state index < -0.39 is 0 Å². The fourth-order valence-corrected chi connectivity index (χ4v) is 3.44. The molecule has 0 aliphatic carbocycles. The molecule has 0 amide bonds. The Balaban J connectivity index is 1.30. The normalized spacial score (nSPS) is 11.4. The lowest BCUT2D eigenvalue weighted by Gasteiger charge is -2.03. The van der Waals surface area contributed by atoms with Gasteiger partial charge in [0.25, 0.3) is 0 Å². The maximum absolute atomic E-state index is 13.0. The van der Waals surface area contributed by atoms with E-state index in [0.29, 0.717) is 34.4 Å². The number of rotatable bonds is 5. The number of benzene rings is 2. The van der Waals surface area contributed by atoms with E-state index >= 15 is 0 Å². The quantitative estimate of drug-likeness (QED) is 0.405. The van der Waals surface area contributed by atoms with Crippen molar-refractivity contribution in [1.82, 2.24) is 29.4 Å². The van der Waals surface area contributed by atoms with Crippen LogP contribution in [0.4, 0.5) is 4.39 Å².